The maximum absolute atomic E-state index is 11.9. The number of esters is 1. The quantitative estimate of drug-likeness (QED) is 0.664. The van der Waals surface area contributed by atoms with Gasteiger partial charge in [0, 0.05) is 18.3 Å². The van der Waals surface area contributed by atoms with Crippen molar-refractivity contribution in [2.75, 3.05) is 0 Å². The van der Waals surface area contributed by atoms with Crippen LogP contribution in [0.1, 0.15) is 66.2 Å². The highest BCUT2D eigenvalue weighted by Crippen LogP contribution is 2.66. The predicted octanol–water partition coefficient (Wildman–Crippen LogP) is 4.86. The monoisotopic (exact) mass is 356 g/mol. The van der Waals surface area contributed by atoms with Crippen molar-refractivity contribution in [2.24, 2.45) is 34.5 Å². The number of fused-ring (bicyclic) bond motifs is 5. The summed E-state index contributed by atoms with van der Waals surface area (Å²) in [5.74, 6) is 2.57. The molecule has 0 saturated heterocycles. The zero-order valence-electron chi connectivity index (χ0n) is 16.6. The number of carbonyl (C=O) groups excluding carboxylic acids is 2. The Hall–Kier alpha value is -1.38. The van der Waals surface area contributed by atoms with Gasteiger partial charge < -0.3 is 4.74 Å². The molecule has 3 heteroatoms. The molecule has 4 aliphatic carbocycles. The molecule has 142 valence electrons. The van der Waals surface area contributed by atoms with Gasteiger partial charge >= 0.3 is 5.97 Å². The molecular weight excluding hydrogens is 324 g/mol. The summed E-state index contributed by atoms with van der Waals surface area (Å²) in [4.78, 5) is 23.3. The third kappa shape index (κ3) is 2.53. The maximum Gasteiger partial charge on any atom is 0.302 e. The topological polar surface area (TPSA) is 43.4 Å². The molecule has 4 rings (SSSR count). The van der Waals surface area contributed by atoms with Crippen molar-refractivity contribution in [3.8, 4) is 0 Å². The fourth-order valence-corrected chi connectivity index (χ4v) is 7.35. The first-order chi connectivity index (χ1) is 12.3. The van der Waals surface area contributed by atoms with Crippen LogP contribution in [0.5, 0.6) is 0 Å². The summed E-state index contributed by atoms with van der Waals surface area (Å²) in [6, 6.07) is 0. The largest absolute Gasteiger partial charge is 0.463 e. The predicted molar refractivity (Wildman–Crippen MR) is 101 cm³/mol. The van der Waals surface area contributed by atoms with Gasteiger partial charge in [0.05, 0.1) is 0 Å². The highest BCUT2D eigenvalue weighted by Gasteiger charge is 2.59. The Morgan fingerprint density at radius 1 is 1.19 bits per heavy atom. The molecule has 26 heavy (non-hydrogen) atoms. The molecule has 7 atom stereocenters. The van der Waals surface area contributed by atoms with Gasteiger partial charge in [0.25, 0.3) is 0 Å². The number of hydrogen-bond donors (Lipinski definition) is 0. The highest BCUT2D eigenvalue weighted by molar-refractivity contribution is 6.01. The molecule has 3 fully saturated rings. The molecule has 0 unspecified atom stereocenters. The number of rotatable bonds is 2. The Morgan fingerprint density at radius 2 is 1.96 bits per heavy atom. The number of ether oxygens (including phenoxy) is 1. The zero-order chi connectivity index (χ0) is 18.7. The van der Waals surface area contributed by atoms with Crippen molar-refractivity contribution < 1.29 is 14.3 Å². The lowest BCUT2D eigenvalue weighted by molar-refractivity contribution is -0.152. The minimum absolute atomic E-state index is 0.0147. The van der Waals surface area contributed by atoms with Gasteiger partial charge in [-0.15, -0.1) is 0 Å². The number of ketones is 1. The lowest BCUT2D eigenvalue weighted by Gasteiger charge is -2.57. The molecule has 3 nitrogen and oxygen atoms in total. The van der Waals surface area contributed by atoms with E-state index in [0.29, 0.717) is 17.8 Å². The van der Waals surface area contributed by atoms with Gasteiger partial charge in [0.2, 0.25) is 0 Å². The molecule has 0 spiro atoms. The Balaban J connectivity index is 1.60. The molecule has 0 radical (unpaired) electrons. The van der Waals surface area contributed by atoms with Gasteiger partial charge in [-0.3, -0.25) is 9.59 Å². The van der Waals surface area contributed by atoms with Crippen LogP contribution in [0.25, 0.3) is 0 Å². The first-order valence-electron chi connectivity index (χ1n) is 10.4. The Labute approximate surface area is 157 Å². The summed E-state index contributed by atoms with van der Waals surface area (Å²) in [6.07, 6.45) is 13.0. The van der Waals surface area contributed by atoms with Crippen molar-refractivity contribution in [1.29, 1.82) is 0 Å². The van der Waals surface area contributed by atoms with Gasteiger partial charge in [-0.05, 0) is 80.8 Å². The second kappa shape index (κ2) is 6.07. The van der Waals surface area contributed by atoms with E-state index in [1.165, 1.54) is 44.6 Å². The maximum atomic E-state index is 11.9. The summed E-state index contributed by atoms with van der Waals surface area (Å²) in [5.41, 5.74) is 1.71. The van der Waals surface area contributed by atoms with E-state index in [1.807, 2.05) is 6.08 Å². The molecule has 0 aromatic heterocycles. The highest BCUT2D eigenvalue weighted by atomic mass is 16.5. The van der Waals surface area contributed by atoms with E-state index >= 15 is 0 Å². The Morgan fingerprint density at radius 3 is 2.69 bits per heavy atom. The van der Waals surface area contributed by atoms with Gasteiger partial charge in [0.1, 0.15) is 6.10 Å². The molecular formula is C23H32O3. The standard InChI is InChI=1S/C23H32O3/c1-14(26-15(2)24)19-7-8-20-18-6-5-16-13-17(25)9-11-22(16,3)21(18)10-12-23(19,20)4/h9,11,13-14,18-21H,5-8,10,12H2,1-4H3/t14-,18+,19-,20+,21+,22-,23-/m0/s1. The van der Waals surface area contributed by atoms with Crippen LogP contribution >= 0.6 is 0 Å². The van der Waals surface area contributed by atoms with Crippen LogP contribution in [-0.2, 0) is 14.3 Å². The zero-order valence-corrected chi connectivity index (χ0v) is 16.6. The van der Waals surface area contributed by atoms with E-state index in [9.17, 15) is 9.59 Å². The van der Waals surface area contributed by atoms with Crippen molar-refractivity contribution in [2.45, 2.75) is 72.3 Å². The van der Waals surface area contributed by atoms with Crippen LogP contribution in [0, 0.1) is 34.5 Å². The van der Waals surface area contributed by atoms with Crippen LogP contribution in [0.3, 0.4) is 0 Å². The molecule has 0 heterocycles. The summed E-state index contributed by atoms with van der Waals surface area (Å²) >= 11 is 0. The van der Waals surface area contributed by atoms with Gasteiger partial charge in [-0.2, -0.15) is 0 Å². The Bertz CT molecular complexity index is 690. The molecule has 4 aliphatic rings. The Kier molecular flexibility index (Phi) is 4.20. The fraction of sp³-hybridized carbons (Fsp3) is 0.739. The van der Waals surface area contributed by atoms with Crippen LogP contribution in [0.15, 0.2) is 23.8 Å². The second-order valence-corrected chi connectivity index (χ2v) is 9.65. The number of allylic oxidation sites excluding steroid dienone is 4. The first kappa shape index (κ1) is 18.0. The van der Waals surface area contributed by atoms with Gasteiger partial charge in [-0.25, -0.2) is 0 Å². The summed E-state index contributed by atoms with van der Waals surface area (Å²) in [5, 5.41) is 0. The van der Waals surface area contributed by atoms with E-state index in [0.717, 1.165) is 12.3 Å². The second-order valence-electron chi connectivity index (χ2n) is 9.65. The van der Waals surface area contributed by atoms with Crippen molar-refractivity contribution in [3.05, 3.63) is 23.8 Å². The van der Waals surface area contributed by atoms with Crippen molar-refractivity contribution >= 4 is 11.8 Å². The van der Waals surface area contributed by atoms with Crippen LogP contribution in [-0.4, -0.2) is 17.9 Å². The molecule has 0 aromatic rings. The summed E-state index contributed by atoms with van der Waals surface area (Å²) in [6.45, 7) is 8.42. The van der Waals surface area contributed by atoms with Crippen LogP contribution < -0.4 is 0 Å². The molecule has 0 aromatic carbocycles. The smallest absolute Gasteiger partial charge is 0.302 e. The lowest BCUT2D eigenvalue weighted by Crippen LogP contribution is -2.50. The fourth-order valence-electron chi connectivity index (χ4n) is 7.35. The van der Waals surface area contributed by atoms with E-state index in [1.54, 1.807) is 6.08 Å². The van der Waals surface area contributed by atoms with Crippen LogP contribution in [0.4, 0.5) is 0 Å². The third-order valence-electron chi connectivity index (χ3n) is 8.55. The SMILES string of the molecule is CC(=O)O[C@@H](C)[C@@H]1CC[C@@H]2[C@H]3CCC4=CC(=O)C=C[C@]4(C)[C@@H]3CC[C@]21C. The summed E-state index contributed by atoms with van der Waals surface area (Å²) < 4.78 is 5.61. The number of carbonyl (C=O) groups is 2. The van der Waals surface area contributed by atoms with E-state index in [4.69, 9.17) is 4.74 Å². The van der Waals surface area contributed by atoms with Gasteiger partial charge in [0.15, 0.2) is 5.78 Å². The molecule has 0 N–H and O–H groups in total. The van der Waals surface area contributed by atoms with E-state index in [2.05, 4.69) is 26.8 Å². The average Bonchev–Trinajstić information content (AvgIpc) is 2.92. The van der Waals surface area contributed by atoms with Gasteiger partial charge in [-0.1, -0.05) is 25.5 Å². The molecule has 0 amide bonds. The molecule has 3 saturated carbocycles. The molecule has 0 bridgehead atoms. The van der Waals surface area contributed by atoms with Crippen molar-refractivity contribution in [3.63, 3.8) is 0 Å². The van der Waals surface area contributed by atoms with Crippen molar-refractivity contribution in [1.82, 2.24) is 0 Å². The average molecular weight is 357 g/mol. The normalized spacial score (nSPS) is 45.2. The first-order valence-corrected chi connectivity index (χ1v) is 10.4. The van der Waals surface area contributed by atoms with E-state index < -0.39 is 0 Å². The lowest BCUT2D eigenvalue weighted by atomic mass is 9.47. The number of hydrogen-bond acceptors (Lipinski definition) is 3. The minimum atomic E-state index is -0.157. The summed E-state index contributed by atoms with van der Waals surface area (Å²) in [7, 11) is 0. The van der Waals surface area contributed by atoms with Crippen LogP contribution in [0.2, 0.25) is 0 Å². The minimum Gasteiger partial charge on any atom is -0.463 e. The third-order valence-corrected chi connectivity index (χ3v) is 8.55. The molecule has 0 aliphatic heterocycles. The van der Waals surface area contributed by atoms with E-state index in [-0.39, 0.29) is 28.7 Å².